The van der Waals surface area contributed by atoms with Gasteiger partial charge in [-0.15, -0.1) is 10.2 Å². The minimum absolute atomic E-state index is 0.0384. The fraction of sp³-hybridized carbons (Fsp3) is 0.400. The van der Waals surface area contributed by atoms with Crippen LogP contribution in [0.3, 0.4) is 0 Å². The summed E-state index contributed by atoms with van der Waals surface area (Å²) >= 11 is 0.904. The minimum atomic E-state index is -0.483. The summed E-state index contributed by atoms with van der Waals surface area (Å²) in [4.78, 5) is 16.2. The monoisotopic (exact) mass is 333 g/mol. The van der Waals surface area contributed by atoms with Crippen LogP contribution in [0.2, 0.25) is 0 Å². The lowest BCUT2D eigenvalue weighted by atomic mass is 10.1. The molecule has 23 heavy (non-hydrogen) atoms. The predicted octanol–water partition coefficient (Wildman–Crippen LogP) is 5.01. The van der Waals surface area contributed by atoms with Crippen LogP contribution < -0.4 is 4.90 Å². The normalized spacial score (nSPS) is 11.1. The third-order valence-corrected chi connectivity index (χ3v) is 4.21. The summed E-state index contributed by atoms with van der Waals surface area (Å²) in [5, 5.41) is 19.0. The molecule has 122 valence electrons. The second kappa shape index (κ2) is 7.77. The van der Waals surface area contributed by atoms with Gasteiger partial charge in [0.25, 0.3) is 0 Å². The lowest BCUT2D eigenvalue weighted by Crippen LogP contribution is -2.18. The maximum Gasteiger partial charge on any atom is 0.345 e. The van der Waals surface area contributed by atoms with E-state index in [-0.39, 0.29) is 10.1 Å². The van der Waals surface area contributed by atoms with E-state index in [9.17, 15) is 10.1 Å². The van der Waals surface area contributed by atoms with Crippen LogP contribution >= 0.6 is 11.3 Å². The van der Waals surface area contributed by atoms with E-state index in [0.717, 1.165) is 47.7 Å². The highest BCUT2D eigenvalue weighted by molar-refractivity contribution is 7.18. The van der Waals surface area contributed by atoms with Gasteiger partial charge in [-0.3, -0.25) is 10.1 Å². The summed E-state index contributed by atoms with van der Waals surface area (Å²) in [5.41, 5.74) is 2.87. The Kier molecular flexibility index (Phi) is 5.75. The van der Waals surface area contributed by atoms with Crippen LogP contribution in [-0.4, -0.2) is 23.5 Å². The Labute approximate surface area is 138 Å². The number of unbranched alkanes of at least 4 members (excludes halogenated alkanes) is 1. The van der Waals surface area contributed by atoms with Crippen molar-refractivity contribution < 1.29 is 4.92 Å². The number of thiazole rings is 1. The molecule has 7 nitrogen and oxygen atoms in total. The molecule has 0 amide bonds. The molecule has 0 fully saturated rings. The summed E-state index contributed by atoms with van der Waals surface area (Å²) < 4.78 is 0. The van der Waals surface area contributed by atoms with Gasteiger partial charge < -0.3 is 4.90 Å². The molecule has 1 aromatic carbocycles. The van der Waals surface area contributed by atoms with Crippen molar-refractivity contribution in [2.75, 3.05) is 18.5 Å². The van der Waals surface area contributed by atoms with Crippen LogP contribution in [0.4, 0.5) is 21.5 Å². The van der Waals surface area contributed by atoms with Gasteiger partial charge in [-0.25, -0.2) is 4.98 Å². The minimum Gasteiger partial charge on any atom is -0.375 e. The molecule has 2 rings (SSSR count). The van der Waals surface area contributed by atoms with Crippen molar-refractivity contribution >= 4 is 32.8 Å². The van der Waals surface area contributed by atoms with Gasteiger partial charge in [0.05, 0.1) is 10.6 Å². The summed E-state index contributed by atoms with van der Waals surface area (Å²) in [6, 6.07) is 5.97. The molecule has 1 heterocycles. The van der Waals surface area contributed by atoms with E-state index in [1.807, 2.05) is 19.1 Å². The fourth-order valence-electron chi connectivity index (χ4n) is 2.00. The molecule has 0 N–H and O–H groups in total. The maximum absolute atomic E-state index is 10.6. The Bertz CT molecular complexity index is 714. The van der Waals surface area contributed by atoms with Gasteiger partial charge in [0.15, 0.2) is 0 Å². The zero-order valence-corrected chi connectivity index (χ0v) is 14.2. The Morgan fingerprint density at radius 3 is 2.78 bits per heavy atom. The molecule has 0 saturated carbocycles. The fourth-order valence-corrected chi connectivity index (χ4v) is 2.55. The average molecular weight is 333 g/mol. The third kappa shape index (κ3) is 4.56. The number of aryl methyl sites for hydroxylation is 1. The van der Waals surface area contributed by atoms with Gasteiger partial charge in [-0.05, 0) is 48.4 Å². The Morgan fingerprint density at radius 1 is 1.39 bits per heavy atom. The lowest BCUT2D eigenvalue weighted by molar-refractivity contribution is -0.380. The third-order valence-electron chi connectivity index (χ3n) is 3.37. The zero-order chi connectivity index (χ0) is 16.8. The van der Waals surface area contributed by atoms with Gasteiger partial charge in [0.2, 0.25) is 5.13 Å². The molecule has 0 spiro atoms. The molecule has 0 aliphatic rings. The van der Waals surface area contributed by atoms with Crippen molar-refractivity contribution in [3.63, 3.8) is 0 Å². The van der Waals surface area contributed by atoms with Crippen molar-refractivity contribution in [1.82, 2.24) is 4.98 Å². The first-order chi connectivity index (χ1) is 11.0. The highest BCUT2D eigenvalue weighted by atomic mass is 32.1. The number of hydrogen-bond donors (Lipinski definition) is 0. The molecular formula is C15H19N5O2S. The second-order valence-corrected chi connectivity index (χ2v) is 6.17. The summed E-state index contributed by atoms with van der Waals surface area (Å²) in [6.45, 7) is 5.15. The predicted molar refractivity (Wildman–Crippen MR) is 92.3 cm³/mol. The molecule has 0 radical (unpaired) electrons. The van der Waals surface area contributed by atoms with Gasteiger partial charge >= 0.3 is 5.00 Å². The highest BCUT2D eigenvalue weighted by Gasteiger charge is 2.11. The molecule has 1 aromatic heterocycles. The average Bonchev–Trinajstić information content (AvgIpc) is 3.00. The number of anilines is 1. The van der Waals surface area contributed by atoms with E-state index in [1.165, 1.54) is 6.20 Å². The standard InChI is InChI=1S/C15H19N5O2S/c1-4-5-8-19(3)12-6-7-13(11(2)9-12)17-18-15-16-10-14(23-15)20(21)22/h6-7,9-10H,4-5,8H2,1-3H3. The number of nitrogens with zero attached hydrogens (tertiary/aromatic N) is 5. The number of hydrogen-bond acceptors (Lipinski definition) is 7. The summed E-state index contributed by atoms with van der Waals surface area (Å²) in [6.07, 6.45) is 3.51. The van der Waals surface area contributed by atoms with Crippen LogP contribution in [0.1, 0.15) is 25.3 Å². The van der Waals surface area contributed by atoms with E-state index < -0.39 is 4.92 Å². The topological polar surface area (TPSA) is 84.0 Å². The van der Waals surface area contributed by atoms with Crippen molar-refractivity contribution in [3.8, 4) is 0 Å². The van der Waals surface area contributed by atoms with E-state index in [1.54, 1.807) is 0 Å². The number of azo groups is 1. The number of aromatic nitrogens is 1. The van der Waals surface area contributed by atoms with E-state index in [0.29, 0.717) is 0 Å². The van der Waals surface area contributed by atoms with E-state index in [2.05, 4.69) is 40.2 Å². The van der Waals surface area contributed by atoms with Crippen molar-refractivity contribution in [1.29, 1.82) is 0 Å². The molecule has 0 aliphatic heterocycles. The molecule has 0 aliphatic carbocycles. The second-order valence-electron chi connectivity index (χ2n) is 5.18. The van der Waals surface area contributed by atoms with Crippen LogP contribution in [0.25, 0.3) is 0 Å². The first-order valence-electron chi connectivity index (χ1n) is 7.35. The molecule has 0 bridgehead atoms. The quantitative estimate of drug-likeness (QED) is 0.405. The lowest BCUT2D eigenvalue weighted by Gasteiger charge is -2.19. The SMILES string of the molecule is CCCCN(C)c1ccc(N=Nc2ncc([N+](=O)[O-])s2)c(C)c1. The Morgan fingerprint density at radius 2 is 2.17 bits per heavy atom. The van der Waals surface area contributed by atoms with Crippen LogP contribution in [-0.2, 0) is 0 Å². The molecule has 8 heteroatoms. The van der Waals surface area contributed by atoms with Gasteiger partial charge in [0, 0.05) is 19.3 Å². The van der Waals surface area contributed by atoms with Crippen LogP contribution in [0, 0.1) is 17.0 Å². The highest BCUT2D eigenvalue weighted by Crippen LogP contribution is 2.30. The molecular weight excluding hydrogens is 314 g/mol. The van der Waals surface area contributed by atoms with Gasteiger partial charge in [-0.2, -0.15) is 0 Å². The Balaban J connectivity index is 2.11. The number of nitro groups is 1. The first kappa shape index (κ1) is 17.0. The summed E-state index contributed by atoms with van der Waals surface area (Å²) in [7, 11) is 2.07. The van der Waals surface area contributed by atoms with Gasteiger partial charge in [-0.1, -0.05) is 13.3 Å². The first-order valence-corrected chi connectivity index (χ1v) is 8.16. The van der Waals surface area contributed by atoms with Crippen molar-refractivity contribution in [3.05, 3.63) is 40.1 Å². The van der Waals surface area contributed by atoms with Crippen molar-refractivity contribution in [2.45, 2.75) is 26.7 Å². The van der Waals surface area contributed by atoms with E-state index >= 15 is 0 Å². The Hall–Kier alpha value is -2.35. The number of rotatable bonds is 7. The maximum atomic E-state index is 10.6. The van der Waals surface area contributed by atoms with Crippen molar-refractivity contribution in [2.24, 2.45) is 10.2 Å². The summed E-state index contributed by atoms with van der Waals surface area (Å²) in [5.74, 6) is 0. The molecule has 0 unspecified atom stereocenters. The molecule has 2 aromatic rings. The smallest absolute Gasteiger partial charge is 0.345 e. The van der Waals surface area contributed by atoms with Crippen LogP contribution in [0.5, 0.6) is 0 Å². The number of benzene rings is 1. The van der Waals surface area contributed by atoms with Crippen LogP contribution in [0.15, 0.2) is 34.6 Å². The molecule has 0 saturated heterocycles. The molecule has 0 atom stereocenters. The van der Waals surface area contributed by atoms with E-state index in [4.69, 9.17) is 0 Å². The largest absolute Gasteiger partial charge is 0.375 e. The van der Waals surface area contributed by atoms with Gasteiger partial charge in [0.1, 0.15) is 6.20 Å². The zero-order valence-electron chi connectivity index (χ0n) is 13.4.